The second kappa shape index (κ2) is 11.3. The van der Waals surface area contributed by atoms with Crippen LogP contribution in [0, 0.1) is 11.8 Å². The molecule has 2 amide bonds. The summed E-state index contributed by atoms with van der Waals surface area (Å²) in [6.07, 6.45) is 7.03. The Morgan fingerprint density at radius 1 is 1.18 bits per heavy atom. The predicted molar refractivity (Wildman–Crippen MR) is 148 cm³/mol. The highest BCUT2D eigenvalue weighted by atomic mass is 35.5. The van der Waals surface area contributed by atoms with Crippen LogP contribution in [0.3, 0.4) is 0 Å². The Morgan fingerprint density at radius 2 is 1.90 bits per heavy atom. The summed E-state index contributed by atoms with van der Waals surface area (Å²) in [7, 11) is 5.18. The first-order valence-electron chi connectivity index (χ1n) is 13.0. The van der Waals surface area contributed by atoms with E-state index in [0.717, 1.165) is 38.0 Å². The van der Waals surface area contributed by atoms with Crippen molar-refractivity contribution >= 4 is 41.1 Å². The number of nitrogens with zero attached hydrogens (tertiary/aromatic N) is 4. The third-order valence-electron chi connectivity index (χ3n) is 7.71. The molecule has 4 unspecified atom stereocenters. The average Bonchev–Trinajstić information content (AvgIpc) is 3.44. The first-order valence-corrected chi connectivity index (χ1v) is 13.4. The average molecular weight is 556 g/mol. The highest BCUT2D eigenvalue weighted by Gasteiger charge is 2.47. The minimum atomic E-state index is -0.799. The van der Waals surface area contributed by atoms with E-state index in [9.17, 15) is 9.59 Å². The van der Waals surface area contributed by atoms with E-state index >= 15 is 0 Å². The number of carbonyl (C=O) groups excluding carboxylic acids is 2. The summed E-state index contributed by atoms with van der Waals surface area (Å²) < 4.78 is 11.1. The molecule has 39 heavy (non-hydrogen) atoms. The zero-order chi connectivity index (χ0) is 27.7. The van der Waals surface area contributed by atoms with Gasteiger partial charge >= 0.3 is 6.09 Å². The maximum absolute atomic E-state index is 12.2. The summed E-state index contributed by atoms with van der Waals surface area (Å²) in [6, 6.07) is 3.91. The number of aromatic nitrogens is 2. The van der Waals surface area contributed by atoms with Gasteiger partial charge in [-0.2, -0.15) is 4.98 Å². The van der Waals surface area contributed by atoms with Crippen molar-refractivity contribution in [1.29, 1.82) is 0 Å². The molecule has 11 nitrogen and oxygen atoms in total. The lowest BCUT2D eigenvalue weighted by Gasteiger charge is -2.28. The van der Waals surface area contributed by atoms with Crippen molar-refractivity contribution in [2.24, 2.45) is 17.6 Å². The van der Waals surface area contributed by atoms with Crippen LogP contribution >= 0.6 is 11.6 Å². The molecule has 2 bridgehead atoms. The van der Waals surface area contributed by atoms with E-state index in [1.165, 1.54) is 17.3 Å². The Kier molecular flexibility index (Phi) is 7.81. The molecule has 3 aliphatic rings. The van der Waals surface area contributed by atoms with Crippen LogP contribution < -0.4 is 21.1 Å². The van der Waals surface area contributed by atoms with Gasteiger partial charge in [-0.05, 0) is 42.5 Å². The third-order valence-corrected chi connectivity index (χ3v) is 7.98. The highest BCUT2D eigenvalue weighted by Crippen LogP contribution is 2.43. The number of nitrogens with two attached hydrogens (primary N) is 1. The van der Waals surface area contributed by atoms with Gasteiger partial charge in [0, 0.05) is 39.0 Å². The van der Waals surface area contributed by atoms with E-state index in [4.69, 9.17) is 26.8 Å². The number of ether oxygens (including phenoxy) is 2. The number of anilines is 3. The van der Waals surface area contributed by atoms with Crippen molar-refractivity contribution in [3.05, 3.63) is 46.6 Å². The number of methoxy groups -OCH3 is 1. The van der Waals surface area contributed by atoms with Gasteiger partial charge in [0.2, 0.25) is 11.9 Å². The van der Waals surface area contributed by atoms with Crippen LogP contribution in [-0.2, 0) is 22.4 Å². The molecular formula is C27H34ClN7O4. The minimum Gasteiger partial charge on any atom is -0.495 e. The van der Waals surface area contributed by atoms with Crippen molar-refractivity contribution in [2.75, 3.05) is 51.5 Å². The quantitative estimate of drug-likeness (QED) is 0.420. The molecule has 4 N–H and O–H groups in total. The van der Waals surface area contributed by atoms with E-state index in [2.05, 4.69) is 43.7 Å². The van der Waals surface area contributed by atoms with Gasteiger partial charge in [0.05, 0.1) is 31.6 Å². The number of carbonyl (C=O) groups is 2. The standard InChI is InChI=1S/C27H34ClN7O4/c1-34(2)22(36)14-35-8-6-15-11-20(21(38-3)12-16(15)7-9-35)31-27-30-13-19(28)25(33-27)32-23-17-4-5-18(10-17)24(23)39-26(29)37/h4-5,11-13,17-18,23-24H,6-10,14H2,1-3H3,(H2,29,37)(H2,30,31,32,33). The summed E-state index contributed by atoms with van der Waals surface area (Å²) in [5.74, 6) is 1.84. The number of hydrogen-bond donors (Lipinski definition) is 3. The number of rotatable bonds is 8. The normalized spacial score (nSPS) is 23.6. The molecule has 1 aromatic carbocycles. The van der Waals surface area contributed by atoms with Crippen molar-refractivity contribution in [3.63, 3.8) is 0 Å². The second-order valence-electron chi connectivity index (χ2n) is 10.4. The SMILES string of the molecule is COc1cc2c(cc1Nc1ncc(Cl)c(NC3C4C=CC(C4)C3OC(N)=O)n1)CCN(CC(=O)N(C)C)CC2. The monoisotopic (exact) mass is 555 g/mol. The smallest absolute Gasteiger partial charge is 0.404 e. The van der Waals surface area contributed by atoms with Crippen molar-refractivity contribution in [1.82, 2.24) is 19.8 Å². The molecule has 5 rings (SSSR count). The van der Waals surface area contributed by atoms with Crippen LogP contribution in [-0.4, -0.2) is 84.8 Å². The maximum Gasteiger partial charge on any atom is 0.404 e. The molecule has 1 aromatic heterocycles. The number of benzene rings is 1. The molecule has 0 radical (unpaired) electrons. The first-order chi connectivity index (χ1) is 18.7. The largest absolute Gasteiger partial charge is 0.495 e. The van der Waals surface area contributed by atoms with Crippen LogP contribution in [0.5, 0.6) is 5.75 Å². The lowest BCUT2D eigenvalue weighted by atomic mass is 9.98. The van der Waals surface area contributed by atoms with Crippen molar-refractivity contribution < 1.29 is 19.1 Å². The molecular weight excluding hydrogens is 522 g/mol. The third kappa shape index (κ3) is 5.89. The Hall–Kier alpha value is -3.57. The Labute approximate surface area is 232 Å². The van der Waals surface area contributed by atoms with Crippen molar-refractivity contribution in [2.45, 2.75) is 31.4 Å². The Balaban J connectivity index is 1.33. The summed E-state index contributed by atoms with van der Waals surface area (Å²) in [5, 5.41) is 7.00. The van der Waals surface area contributed by atoms with Crippen LogP contribution in [0.25, 0.3) is 0 Å². The van der Waals surface area contributed by atoms with Gasteiger partial charge in [-0.25, -0.2) is 9.78 Å². The van der Waals surface area contributed by atoms with Crippen LogP contribution in [0.4, 0.5) is 22.2 Å². The Morgan fingerprint density at radius 3 is 2.59 bits per heavy atom. The van der Waals surface area contributed by atoms with E-state index in [1.807, 2.05) is 6.07 Å². The van der Waals surface area contributed by atoms with Gasteiger partial charge < -0.3 is 30.7 Å². The van der Waals surface area contributed by atoms with Crippen LogP contribution in [0.15, 0.2) is 30.5 Å². The molecule has 208 valence electrons. The number of halogens is 1. The summed E-state index contributed by atoms with van der Waals surface area (Å²) in [4.78, 5) is 36.5. The van der Waals surface area contributed by atoms with Gasteiger partial charge in [0.1, 0.15) is 16.9 Å². The lowest BCUT2D eigenvalue weighted by Crippen LogP contribution is -2.41. The number of amides is 2. The minimum absolute atomic E-state index is 0.0964. The molecule has 0 spiro atoms. The van der Waals surface area contributed by atoms with E-state index in [-0.39, 0.29) is 23.8 Å². The molecule has 1 fully saturated rings. The summed E-state index contributed by atoms with van der Waals surface area (Å²) in [5.41, 5.74) is 8.44. The molecule has 1 saturated carbocycles. The second-order valence-corrected chi connectivity index (χ2v) is 10.8. The molecule has 2 aliphatic carbocycles. The van der Waals surface area contributed by atoms with Gasteiger partial charge in [-0.15, -0.1) is 0 Å². The van der Waals surface area contributed by atoms with Gasteiger partial charge in [0.25, 0.3) is 0 Å². The van der Waals surface area contributed by atoms with E-state index in [1.54, 1.807) is 26.1 Å². The fraction of sp³-hybridized carbons (Fsp3) is 0.481. The van der Waals surface area contributed by atoms with E-state index in [0.29, 0.717) is 29.1 Å². The lowest BCUT2D eigenvalue weighted by molar-refractivity contribution is -0.129. The Bertz CT molecular complexity index is 1290. The molecule has 4 atom stereocenters. The molecule has 0 saturated heterocycles. The van der Waals surface area contributed by atoms with Crippen LogP contribution in [0.2, 0.25) is 5.02 Å². The first kappa shape index (κ1) is 27.0. The molecule has 1 aliphatic heterocycles. The fourth-order valence-corrected chi connectivity index (χ4v) is 5.77. The number of hydrogen-bond acceptors (Lipinski definition) is 9. The van der Waals surface area contributed by atoms with Gasteiger partial charge in [-0.1, -0.05) is 23.8 Å². The number of nitrogens with one attached hydrogen (secondary N) is 2. The molecule has 2 aromatic rings. The number of fused-ring (bicyclic) bond motifs is 3. The van der Waals surface area contributed by atoms with Crippen LogP contribution in [0.1, 0.15) is 17.5 Å². The zero-order valence-electron chi connectivity index (χ0n) is 22.3. The topological polar surface area (TPSA) is 135 Å². The summed E-state index contributed by atoms with van der Waals surface area (Å²) >= 11 is 6.45. The maximum atomic E-state index is 12.2. The zero-order valence-corrected chi connectivity index (χ0v) is 23.1. The molecule has 2 heterocycles. The number of primary amides is 1. The van der Waals surface area contributed by atoms with Gasteiger partial charge in [-0.3, -0.25) is 9.69 Å². The van der Waals surface area contributed by atoms with Gasteiger partial charge in [0.15, 0.2) is 5.82 Å². The van der Waals surface area contributed by atoms with E-state index < -0.39 is 12.2 Å². The van der Waals surface area contributed by atoms with Crippen molar-refractivity contribution in [3.8, 4) is 5.75 Å². The molecule has 12 heteroatoms. The summed E-state index contributed by atoms with van der Waals surface area (Å²) in [6.45, 7) is 1.99. The predicted octanol–water partition coefficient (Wildman–Crippen LogP) is 2.82. The fourth-order valence-electron chi connectivity index (χ4n) is 5.63. The highest BCUT2D eigenvalue weighted by molar-refractivity contribution is 6.32. The number of likely N-dealkylation sites (N-methyl/N-ethyl adjacent to an activating group) is 1.